The molecule has 3 aromatic rings. The third kappa shape index (κ3) is 4.97. The number of thioether (sulfide) groups is 1. The first kappa shape index (κ1) is 21.8. The van der Waals surface area contributed by atoms with Gasteiger partial charge in [-0.05, 0) is 25.1 Å². The van der Waals surface area contributed by atoms with Crippen LogP contribution in [0.4, 0.5) is 11.4 Å². The Morgan fingerprint density at radius 3 is 2.63 bits per heavy atom. The smallest absolute Gasteiger partial charge is 0.273 e. The normalized spacial score (nSPS) is 10.6. The molecule has 1 aromatic heterocycles. The summed E-state index contributed by atoms with van der Waals surface area (Å²) >= 11 is 4.67. The number of aromatic nitrogens is 3. The lowest BCUT2D eigenvalue weighted by Crippen LogP contribution is -2.15. The fraction of sp³-hybridized carbons (Fsp3) is 0.211. The number of anilines is 1. The Morgan fingerprint density at radius 2 is 2.00 bits per heavy atom. The van der Waals surface area contributed by atoms with Crippen molar-refractivity contribution in [3.63, 3.8) is 0 Å². The summed E-state index contributed by atoms with van der Waals surface area (Å²) in [6.45, 7) is 2.64. The van der Waals surface area contributed by atoms with Gasteiger partial charge in [0.25, 0.3) is 5.69 Å². The molecule has 0 spiro atoms. The van der Waals surface area contributed by atoms with Crippen LogP contribution in [-0.2, 0) is 11.3 Å². The summed E-state index contributed by atoms with van der Waals surface area (Å²) in [5.74, 6) is 0.753. The molecule has 9 nitrogen and oxygen atoms in total. The van der Waals surface area contributed by atoms with Crippen molar-refractivity contribution in [3.8, 4) is 17.1 Å². The molecular formula is C19H18BrN5O4S. The summed E-state index contributed by atoms with van der Waals surface area (Å²) in [7, 11) is 1.39. The van der Waals surface area contributed by atoms with Gasteiger partial charge in [-0.2, -0.15) is 0 Å². The summed E-state index contributed by atoms with van der Waals surface area (Å²) in [6, 6.07) is 11.8. The third-order valence-electron chi connectivity index (χ3n) is 4.14. The van der Waals surface area contributed by atoms with Crippen LogP contribution in [0.25, 0.3) is 11.4 Å². The van der Waals surface area contributed by atoms with E-state index in [1.807, 2.05) is 35.8 Å². The van der Waals surface area contributed by atoms with Gasteiger partial charge < -0.3 is 14.6 Å². The predicted molar refractivity (Wildman–Crippen MR) is 118 cm³/mol. The second-order valence-electron chi connectivity index (χ2n) is 6.04. The van der Waals surface area contributed by atoms with Crippen LogP contribution in [-0.4, -0.2) is 38.5 Å². The molecule has 0 atom stereocenters. The zero-order chi connectivity index (χ0) is 21.7. The number of nitro benzene ring substituents is 1. The Kier molecular flexibility index (Phi) is 7.06. The van der Waals surface area contributed by atoms with Gasteiger partial charge in [-0.25, -0.2) is 0 Å². The minimum atomic E-state index is -0.523. The number of rotatable bonds is 8. The van der Waals surface area contributed by atoms with E-state index in [1.165, 1.54) is 37.1 Å². The number of methoxy groups -OCH3 is 1. The second-order valence-corrected chi connectivity index (χ2v) is 7.89. The lowest BCUT2D eigenvalue weighted by Gasteiger charge is -2.10. The van der Waals surface area contributed by atoms with Gasteiger partial charge in [0.05, 0.1) is 29.5 Å². The van der Waals surface area contributed by atoms with E-state index in [4.69, 9.17) is 4.74 Å². The number of halogens is 1. The van der Waals surface area contributed by atoms with Crippen LogP contribution in [0.5, 0.6) is 5.75 Å². The Balaban J connectivity index is 1.69. The lowest BCUT2D eigenvalue weighted by molar-refractivity contribution is -0.384. The first-order chi connectivity index (χ1) is 14.4. The van der Waals surface area contributed by atoms with Crippen molar-refractivity contribution in [1.82, 2.24) is 14.8 Å². The number of hydrogen-bond donors (Lipinski definition) is 1. The molecule has 0 bridgehead atoms. The quantitative estimate of drug-likeness (QED) is 0.282. The van der Waals surface area contributed by atoms with E-state index >= 15 is 0 Å². The van der Waals surface area contributed by atoms with Gasteiger partial charge in [-0.1, -0.05) is 39.8 Å². The predicted octanol–water partition coefficient (Wildman–Crippen LogP) is 4.38. The molecule has 0 aliphatic rings. The van der Waals surface area contributed by atoms with Crippen LogP contribution in [0, 0.1) is 10.1 Å². The molecule has 0 aliphatic heterocycles. The number of carbonyl (C=O) groups excluding carboxylic acids is 1. The molecule has 1 N–H and O–H groups in total. The van der Waals surface area contributed by atoms with E-state index in [1.54, 1.807) is 0 Å². The highest BCUT2D eigenvalue weighted by atomic mass is 79.9. The number of nitrogens with one attached hydrogen (secondary N) is 1. The van der Waals surface area contributed by atoms with Crippen molar-refractivity contribution >= 4 is 45.0 Å². The molecule has 1 heterocycles. The van der Waals surface area contributed by atoms with Gasteiger partial charge in [-0.3, -0.25) is 14.9 Å². The number of non-ortho nitro benzene ring substituents is 1. The Labute approximate surface area is 185 Å². The van der Waals surface area contributed by atoms with Crippen LogP contribution >= 0.6 is 27.7 Å². The van der Waals surface area contributed by atoms with Crippen molar-refractivity contribution in [1.29, 1.82) is 0 Å². The van der Waals surface area contributed by atoms with E-state index in [0.717, 1.165) is 15.9 Å². The largest absolute Gasteiger partial charge is 0.494 e. The molecule has 3 rings (SSSR count). The van der Waals surface area contributed by atoms with E-state index in [-0.39, 0.29) is 23.1 Å². The minimum absolute atomic E-state index is 0.0958. The number of benzene rings is 2. The Bertz CT molecular complexity index is 1070. The van der Waals surface area contributed by atoms with Crippen molar-refractivity contribution in [2.24, 2.45) is 0 Å². The zero-order valence-corrected chi connectivity index (χ0v) is 18.6. The highest BCUT2D eigenvalue weighted by Crippen LogP contribution is 2.30. The van der Waals surface area contributed by atoms with Gasteiger partial charge in [-0.15, -0.1) is 10.2 Å². The number of nitrogens with zero attached hydrogens (tertiary/aromatic N) is 4. The molecule has 156 valence electrons. The molecule has 0 aliphatic carbocycles. The fourth-order valence-corrected chi connectivity index (χ4v) is 3.77. The average molecular weight is 492 g/mol. The van der Waals surface area contributed by atoms with E-state index < -0.39 is 4.92 Å². The van der Waals surface area contributed by atoms with Crippen LogP contribution < -0.4 is 10.1 Å². The summed E-state index contributed by atoms with van der Waals surface area (Å²) < 4.78 is 8.05. The lowest BCUT2D eigenvalue weighted by atomic mass is 10.2. The van der Waals surface area contributed by atoms with Crippen molar-refractivity contribution in [2.45, 2.75) is 18.6 Å². The molecule has 2 aromatic carbocycles. The van der Waals surface area contributed by atoms with Gasteiger partial charge in [0.15, 0.2) is 11.0 Å². The molecule has 11 heteroatoms. The molecule has 1 amide bonds. The topological polar surface area (TPSA) is 112 Å². The number of hydrogen-bond acceptors (Lipinski definition) is 7. The van der Waals surface area contributed by atoms with Crippen LogP contribution in [0.3, 0.4) is 0 Å². The number of ether oxygens (including phenoxy) is 1. The monoisotopic (exact) mass is 491 g/mol. The molecule has 0 unspecified atom stereocenters. The standard InChI is InChI=1S/C19H18BrN5O4S/c1-3-24-18(12-4-6-13(20)7-5-12)22-23-19(24)30-11-17(26)21-15-9-8-14(25(27)28)10-16(15)29-2/h4-10H,3,11H2,1-2H3,(H,21,26). The fourth-order valence-electron chi connectivity index (χ4n) is 2.71. The maximum atomic E-state index is 12.4. The van der Waals surface area contributed by atoms with Crippen LogP contribution in [0.15, 0.2) is 52.1 Å². The molecular weight excluding hydrogens is 474 g/mol. The average Bonchev–Trinajstić information content (AvgIpc) is 3.15. The van der Waals surface area contributed by atoms with Gasteiger partial charge in [0.2, 0.25) is 5.91 Å². The molecule has 0 saturated heterocycles. The molecule has 0 radical (unpaired) electrons. The zero-order valence-electron chi connectivity index (χ0n) is 16.2. The van der Waals surface area contributed by atoms with E-state index in [2.05, 4.69) is 31.4 Å². The Hall–Kier alpha value is -2.92. The number of amides is 1. The summed E-state index contributed by atoms with van der Waals surface area (Å²) in [5, 5.41) is 22.7. The van der Waals surface area contributed by atoms with Crippen molar-refractivity contribution in [3.05, 3.63) is 57.1 Å². The van der Waals surface area contributed by atoms with Crippen molar-refractivity contribution < 1.29 is 14.5 Å². The first-order valence-electron chi connectivity index (χ1n) is 8.87. The maximum Gasteiger partial charge on any atom is 0.273 e. The summed E-state index contributed by atoms with van der Waals surface area (Å²) in [5.41, 5.74) is 1.18. The second kappa shape index (κ2) is 9.72. The summed E-state index contributed by atoms with van der Waals surface area (Å²) in [4.78, 5) is 22.8. The summed E-state index contributed by atoms with van der Waals surface area (Å²) in [6.07, 6.45) is 0. The molecule has 0 fully saturated rings. The first-order valence-corrected chi connectivity index (χ1v) is 10.6. The molecule has 30 heavy (non-hydrogen) atoms. The highest BCUT2D eigenvalue weighted by molar-refractivity contribution is 9.10. The maximum absolute atomic E-state index is 12.4. The third-order valence-corrected chi connectivity index (χ3v) is 5.63. The van der Waals surface area contributed by atoms with E-state index in [0.29, 0.717) is 17.4 Å². The molecule has 0 saturated carbocycles. The highest BCUT2D eigenvalue weighted by Gasteiger charge is 2.16. The van der Waals surface area contributed by atoms with Crippen molar-refractivity contribution in [2.75, 3.05) is 18.2 Å². The Morgan fingerprint density at radius 1 is 1.27 bits per heavy atom. The number of nitro groups is 1. The van der Waals surface area contributed by atoms with Crippen LogP contribution in [0.1, 0.15) is 6.92 Å². The van der Waals surface area contributed by atoms with Gasteiger partial charge in [0.1, 0.15) is 5.75 Å². The SMILES string of the molecule is CCn1c(SCC(=O)Nc2ccc([N+](=O)[O-])cc2OC)nnc1-c1ccc(Br)cc1. The van der Waals surface area contributed by atoms with Crippen LogP contribution in [0.2, 0.25) is 0 Å². The van der Waals surface area contributed by atoms with Gasteiger partial charge >= 0.3 is 0 Å². The number of carbonyl (C=O) groups is 1. The minimum Gasteiger partial charge on any atom is -0.494 e. The van der Waals surface area contributed by atoms with E-state index in [9.17, 15) is 14.9 Å². The van der Waals surface area contributed by atoms with Gasteiger partial charge in [0, 0.05) is 22.6 Å².